The van der Waals surface area contributed by atoms with Crippen LogP contribution >= 0.6 is 11.6 Å². The second-order valence-electron chi connectivity index (χ2n) is 3.34. The van der Waals surface area contributed by atoms with Gasteiger partial charge in [0.2, 0.25) is 5.91 Å². The van der Waals surface area contributed by atoms with Gasteiger partial charge in [0, 0.05) is 26.2 Å². The summed E-state index contributed by atoms with van der Waals surface area (Å²) in [6, 6.07) is 0. The van der Waals surface area contributed by atoms with Crippen molar-refractivity contribution in [3.05, 3.63) is 0 Å². The lowest BCUT2D eigenvalue weighted by Gasteiger charge is -2.20. The van der Waals surface area contributed by atoms with Crippen molar-refractivity contribution in [3.8, 4) is 0 Å². The van der Waals surface area contributed by atoms with Gasteiger partial charge >= 0.3 is 0 Å². The van der Waals surface area contributed by atoms with Gasteiger partial charge in [0.1, 0.15) is 5.88 Å². The fourth-order valence-corrected chi connectivity index (χ4v) is 1.64. The summed E-state index contributed by atoms with van der Waals surface area (Å²) in [5.41, 5.74) is 0. The number of carbonyl (C=O) groups excluding carboxylic acids is 1. The smallest absolute Gasteiger partial charge is 0.235 e. The van der Waals surface area contributed by atoms with Gasteiger partial charge in [-0.2, -0.15) is 0 Å². The van der Waals surface area contributed by atoms with Gasteiger partial charge in [-0.25, -0.2) is 0 Å². The van der Waals surface area contributed by atoms with Crippen LogP contribution in [-0.2, 0) is 14.3 Å². The first kappa shape index (κ1) is 11.8. The standard InChI is InChI=1S/C9H16ClNO3/c1-13-8(5-11-9(12)4-10)7-2-3-14-6-7/h7-8H,2-6H2,1H3,(H,11,12). The van der Waals surface area contributed by atoms with Gasteiger partial charge in [0.05, 0.1) is 12.7 Å². The zero-order valence-electron chi connectivity index (χ0n) is 8.29. The molecule has 5 heteroatoms. The lowest BCUT2D eigenvalue weighted by Crippen LogP contribution is -2.38. The zero-order valence-corrected chi connectivity index (χ0v) is 9.05. The average molecular weight is 222 g/mol. The van der Waals surface area contributed by atoms with E-state index in [2.05, 4.69) is 5.32 Å². The Morgan fingerprint density at radius 1 is 1.79 bits per heavy atom. The van der Waals surface area contributed by atoms with Crippen LogP contribution in [0.3, 0.4) is 0 Å². The molecule has 14 heavy (non-hydrogen) atoms. The molecule has 0 aromatic rings. The van der Waals surface area contributed by atoms with E-state index in [1.165, 1.54) is 0 Å². The molecule has 0 radical (unpaired) electrons. The molecular formula is C9H16ClNO3. The number of rotatable bonds is 5. The van der Waals surface area contributed by atoms with Gasteiger partial charge in [-0.15, -0.1) is 11.6 Å². The normalized spacial score (nSPS) is 23.4. The molecule has 0 saturated carbocycles. The van der Waals surface area contributed by atoms with Gasteiger partial charge in [0.25, 0.3) is 0 Å². The third-order valence-electron chi connectivity index (χ3n) is 2.42. The van der Waals surface area contributed by atoms with E-state index < -0.39 is 0 Å². The van der Waals surface area contributed by atoms with Crippen molar-refractivity contribution in [2.75, 3.05) is 32.7 Å². The van der Waals surface area contributed by atoms with Gasteiger partial charge in [-0.3, -0.25) is 4.79 Å². The highest BCUT2D eigenvalue weighted by Gasteiger charge is 2.25. The molecule has 82 valence electrons. The molecule has 1 heterocycles. The van der Waals surface area contributed by atoms with Crippen LogP contribution in [0.4, 0.5) is 0 Å². The SMILES string of the molecule is COC(CNC(=O)CCl)C1CCOC1. The lowest BCUT2D eigenvalue weighted by atomic mass is 10.0. The van der Waals surface area contributed by atoms with E-state index in [4.69, 9.17) is 21.1 Å². The second-order valence-corrected chi connectivity index (χ2v) is 3.60. The number of hydrogen-bond acceptors (Lipinski definition) is 3. The highest BCUT2D eigenvalue weighted by atomic mass is 35.5. The number of carbonyl (C=O) groups is 1. The molecule has 0 spiro atoms. The highest BCUT2D eigenvalue weighted by Crippen LogP contribution is 2.18. The fraction of sp³-hybridized carbons (Fsp3) is 0.889. The molecule has 0 aliphatic carbocycles. The van der Waals surface area contributed by atoms with E-state index in [9.17, 15) is 4.79 Å². The van der Waals surface area contributed by atoms with E-state index in [1.54, 1.807) is 7.11 Å². The van der Waals surface area contributed by atoms with Gasteiger partial charge in [-0.05, 0) is 6.42 Å². The van der Waals surface area contributed by atoms with Crippen molar-refractivity contribution < 1.29 is 14.3 Å². The fourth-order valence-electron chi connectivity index (χ4n) is 1.55. The third kappa shape index (κ3) is 3.44. The van der Waals surface area contributed by atoms with Crippen molar-refractivity contribution in [2.24, 2.45) is 5.92 Å². The molecule has 0 bridgehead atoms. The summed E-state index contributed by atoms with van der Waals surface area (Å²) >= 11 is 5.36. The Morgan fingerprint density at radius 2 is 2.57 bits per heavy atom. The quantitative estimate of drug-likeness (QED) is 0.684. The second kappa shape index (κ2) is 6.22. The summed E-state index contributed by atoms with van der Waals surface area (Å²) in [6.45, 7) is 2.01. The molecular weight excluding hydrogens is 206 g/mol. The Kier molecular flexibility index (Phi) is 5.22. The molecule has 1 aliphatic heterocycles. The van der Waals surface area contributed by atoms with Crippen molar-refractivity contribution in [1.82, 2.24) is 5.32 Å². The van der Waals surface area contributed by atoms with E-state index >= 15 is 0 Å². The summed E-state index contributed by atoms with van der Waals surface area (Å²) in [6.07, 6.45) is 1.03. The predicted molar refractivity (Wildman–Crippen MR) is 53.5 cm³/mol. The number of halogens is 1. The number of alkyl halides is 1. The Hall–Kier alpha value is -0.320. The molecule has 1 aliphatic rings. The maximum absolute atomic E-state index is 10.9. The van der Waals surface area contributed by atoms with E-state index in [1.807, 2.05) is 0 Å². The minimum Gasteiger partial charge on any atom is -0.381 e. The van der Waals surface area contributed by atoms with Crippen LogP contribution in [0.1, 0.15) is 6.42 Å². The summed E-state index contributed by atoms with van der Waals surface area (Å²) in [5.74, 6) is 0.223. The Bertz CT molecular complexity index is 183. The van der Waals surface area contributed by atoms with Crippen LogP contribution < -0.4 is 5.32 Å². The van der Waals surface area contributed by atoms with Crippen molar-refractivity contribution in [3.63, 3.8) is 0 Å². The largest absolute Gasteiger partial charge is 0.381 e. The molecule has 1 saturated heterocycles. The number of ether oxygens (including phenoxy) is 2. The van der Waals surface area contributed by atoms with Crippen LogP contribution in [-0.4, -0.2) is 44.8 Å². The van der Waals surface area contributed by atoms with Crippen LogP contribution in [0.2, 0.25) is 0 Å². The van der Waals surface area contributed by atoms with Crippen molar-refractivity contribution >= 4 is 17.5 Å². The highest BCUT2D eigenvalue weighted by molar-refractivity contribution is 6.27. The molecule has 1 N–H and O–H groups in total. The van der Waals surface area contributed by atoms with E-state index in [0.717, 1.165) is 19.6 Å². The lowest BCUT2D eigenvalue weighted by molar-refractivity contribution is -0.119. The molecule has 1 rings (SSSR count). The molecule has 1 amide bonds. The van der Waals surface area contributed by atoms with E-state index in [-0.39, 0.29) is 17.9 Å². The summed E-state index contributed by atoms with van der Waals surface area (Å²) in [4.78, 5) is 10.9. The molecule has 4 nitrogen and oxygen atoms in total. The first-order valence-corrected chi connectivity index (χ1v) is 5.24. The summed E-state index contributed by atoms with van der Waals surface area (Å²) < 4.78 is 10.5. The molecule has 2 atom stereocenters. The minimum atomic E-state index is -0.160. The Morgan fingerprint density at radius 3 is 3.07 bits per heavy atom. The van der Waals surface area contributed by atoms with Gasteiger partial charge < -0.3 is 14.8 Å². The number of methoxy groups -OCH3 is 1. The number of nitrogens with one attached hydrogen (secondary N) is 1. The maximum atomic E-state index is 10.9. The first-order valence-electron chi connectivity index (χ1n) is 4.71. The van der Waals surface area contributed by atoms with Crippen LogP contribution in [0.5, 0.6) is 0 Å². The van der Waals surface area contributed by atoms with Crippen LogP contribution in [0.15, 0.2) is 0 Å². The van der Waals surface area contributed by atoms with E-state index in [0.29, 0.717) is 12.5 Å². The number of hydrogen-bond donors (Lipinski definition) is 1. The van der Waals surface area contributed by atoms with Gasteiger partial charge in [-0.1, -0.05) is 0 Å². The van der Waals surface area contributed by atoms with Crippen LogP contribution in [0.25, 0.3) is 0 Å². The molecule has 1 fully saturated rings. The maximum Gasteiger partial charge on any atom is 0.235 e. The van der Waals surface area contributed by atoms with Crippen LogP contribution in [0, 0.1) is 5.92 Å². The summed E-state index contributed by atoms with van der Waals surface area (Å²) in [5, 5.41) is 2.71. The van der Waals surface area contributed by atoms with Crippen molar-refractivity contribution in [1.29, 1.82) is 0 Å². The monoisotopic (exact) mass is 221 g/mol. The molecule has 0 aromatic carbocycles. The minimum absolute atomic E-state index is 0.00238. The average Bonchev–Trinajstić information content (AvgIpc) is 2.72. The predicted octanol–water partition coefficient (Wildman–Crippen LogP) is 0.393. The molecule has 2 unspecified atom stereocenters. The Balaban J connectivity index is 2.27. The molecule has 0 aromatic heterocycles. The van der Waals surface area contributed by atoms with Gasteiger partial charge in [0.15, 0.2) is 0 Å². The third-order valence-corrected chi connectivity index (χ3v) is 2.66. The zero-order chi connectivity index (χ0) is 10.4. The topological polar surface area (TPSA) is 47.6 Å². The first-order chi connectivity index (χ1) is 6.77. The van der Waals surface area contributed by atoms with Crippen molar-refractivity contribution in [2.45, 2.75) is 12.5 Å². The number of amides is 1. The summed E-state index contributed by atoms with van der Waals surface area (Å²) in [7, 11) is 1.65. The Labute approximate surface area is 88.9 Å².